The maximum atomic E-state index is 12.3. The largest absolute Gasteiger partial charge is 0.411 e. The molecule has 11 nitrogen and oxygen atoms in total. The van der Waals surface area contributed by atoms with Crippen LogP contribution >= 0.6 is 11.6 Å². The number of aromatic amines is 1. The van der Waals surface area contributed by atoms with Crippen molar-refractivity contribution in [2.24, 2.45) is 5.16 Å². The first-order chi connectivity index (χ1) is 13.7. The second kappa shape index (κ2) is 8.78. The Morgan fingerprint density at radius 3 is 2.66 bits per heavy atom. The van der Waals surface area contributed by atoms with E-state index in [-0.39, 0.29) is 17.4 Å². The normalized spacial score (nSPS) is 11.9. The second-order valence-electron chi connectivity index (χ2n) is 6.15. The number of nitrogens with zero attached hydrogens (tertiary/aromatic N) is 4. The van der Waals surface area contributed by atoms with Gasteiger partial charge in [-0.2, -0.15) is 10.0 Å². The molecule has 29 heavy (non-hydrogen) atoms. The monoisotopic (exact) mass is 424 g/mol. The van der Waals surface area contributed by atoms with Gasteiger partial charge in [0.05, 0.1) is 10.6 Å². The molecule has 0 bridgehead atoms. The van der Waals surface area contributed by atoms with Crippen LogP contribution in [0.15, 0.2) is 34.2 Å². The van der Waals surface area contributed by atoms with E-state index in [4.69, 9.17) is 22.2 Å². The molecule has 0 aliphatic carbocycles. The molecule has 0 aliphatic rings. The SMILES string of the molecule is CCC(CC)(C(C)=NO)N(Oc1cccc(Cl)c1)c1nc(N)[nH]c(=O)c1[N+](=O)[O-]. The van der Waals surface area contributed by atoms with Crippen LogP contribution in [0.3, 0.4) is 0 Å². The molecule has 2 aromatic rings. The van der Waals surface area contributed by atoms with Gasteiger partial charge in [0.25, 0.3) is 5.82 Å². The summed E-state index contributed by atoms with van der Waals surface area (Å²) in [4.78, 5) is 35.0. The van der Waals surface area contributed by atoms with E-state index in [9.17, 15) is 20.1 Å². The summed E-state index contributed by atoms with van der Waals surface area (Å²) >= 11 is 6.02. The van der Waals surface area contributed by atoms with Crippen LogP contribution in [0.4, 0.5) is 17.5 Å². The maximum absolute atomic E-state index is 12.3. The molecule has 0 unspecified atom stereocenters. The van der Waals surface area contributed by atoms with Crippen LogP contribution in [0.5, 0.6) is 5.75 Å². The topological polar surface area (TPSA) is 160 Å². The van der Waals surface area contributed by atoms with E-state index in [2.05, 4.69) is 15.1 Å². The van der Waals surface area contributed by atoms with Gasteiger partial charge in [0.2, 0.25) is 5.95 Å². The van der Waals surface area contributed by atoms with Gasteiger partial charge in [0.1, 0.15) is 5.54 Å². The van der Waals surface area contributed by atoms with Crippen molar-refractivity contribution < 1.29 is 15.0 Å². The fourth-order valence-electron chi connectivity index (χ4n) is 3.03. The van der Waals surface area contributed by atoms with Crippen LogP contribution in [-0.2, 0) is 0 Å². The highest BCUT2D eigenvalue weighted by Crippen LogP contribution is 2.36. The Balaban J connectivity index is 2.84. The number of oxime groups is 1. The molecule has 0 saturated carbocycles. The van der Waals surface area contributed by atoms with Gasteiger partial charge >= 0.3 is 11.2 Å². The molecule has 0 atom stereocenters. The molecule has 0 aliphatic heterocycles. The Labute approximate surface area is 170 Å². The third-order valence-electron chi connectivity index (χ3n) is 4.64. The molecule has 0 saturated heterocycles. The minimum absolute atomic E-state index is 0.194. The fraction of sp³-hybridized carbons (Fsp3) is 0.353. The summed E-state index contributed by atoms with van der Waals surface area (Å²) in [6.07, 6.45) is 0.594. The first-order valence-corrected chi connectivity index (χ1v) is 9.05. The first-order valence-electron chi connectivity index (χ1n) is 8.67. The van der Waals surface area contributed by atoms with Crippen molar-refractivity contribution in [3.63, 3.8) is 0 Å². The smallest absolute Gasteiger partial charge is 0.379 e. The minimum atomic E-state index is -1.19. The number of nitrogens with two attached hydrogens (primary N) is 1. The number of aromatic nitrogens is 2. The number of rotatable bonds is 8. The lowest BCUT2D eigenvalue weighted by atomic mass is 9.87. The predicted octanol–water partition coefficient (Wildman–Crippen LogP) is 3.12. The number of hydroxylamine groups is 1. The highest BCUT2D eigenvalue weighted by molar-refractivity contribution is 6.30. The van der Waals surface area contributed by atoms with E-state index in [1.807, 2.05) is 0 Å². The lowest BCUT2D eigenvalue weighted by molar-refractivity contribution is -0.386. The second-order valence-corrected chi connectivity index (χ2v) is 6.58. The summed E-state index contributed by atoms with van der Waals surface area (Å²) in [6.45, 7) is 5.08. The van der Waals surface area contributed by atoms with Crippen LogP contribution in [0, 0.1) is 10.1 Å². The van der Waals surface area contributed by atoms with Gasteiger partial charge in [-0.3, -0.25) is 19.9 Å². The Morgan fingerprint density at radius 2 is 2.14 bits per heavy atom. The van der Waals surface area contributed by atoms with Gasteiger partial charge in [-0.25, -0.2) is 0 Å². The predicted molar refractivity (Wildman–Crippen MR) is 109 cm³/mol. The number of nitro groups is 1. The highest BCUT2D eigenvalue weighted by atomic mass is 35.5. The molecule has 0 fully saturated rings. The molecular formula is C17H21ClN6O5. The quantitative estimate of drug-likeness (QED) is 0.252. The van der Waals surface area contributed by atoms with Crippen molar-refractivity contribution in [2.45, 2.75) is 39.2 Å². The van der Waals surface area contributed by atoms with Crippen molar-refractivity contribution in [1.29, 1.82) is 0 Å². The molecule has 0 amide bonds. The van der Waals surface area contributed by atoms with E-state index in [0.29, 0.717) is 17.9 Å². The van der Waals surface area contributed by atoms with Gasteiger partial charge in [0, 0.05) is 11.1 Å². The lowest BCUT2D eigenvalue weighted by Crippen LogP contribution is -2.56. The van der Waals surface area contributed by atoms with E-state index < -0.39 is 27.5 Å². The first kappa shape index (κ1) is 22.0. The Bertz CT molecular complexity index is 989. The molecule has 1 heterocycles. The van der Waals surface area contributed by atoms with Crippen molar-refractivity contribution in [2.75, 3.05) is 10.8 Å². The Hall–Kier alpha value is -3.34. The molecule has 1 aromatic heterocycles. The molecule has 12 heteroatoms. The van der Waals surface area contributed by atoms with E-state index in [1.165, 1.54) is 13.0 Å². The molecule has 4 N–H and O–H groups in total. The summed E-state index contributed by atoms with van der Waals surface area (Å²) in [5.41, 5.74) is 2.75. The molecule has 2 rings (SSSR count). The average Bonchev–Trinajstić information content (AvgIpc) is 2.67. The van der Waals surface area contributed by atoms with Gasteiger partial charge in [0.15, 0.2) is 5.75 Å². The van der Waals surface area contributed by atoms with Crippen LogP contribution in [0.2, 0.25) is 5.02 Å². The highest BCUT2D eigenvalue weighted by Gasteiger charge is 2.44. The van der Waals surface area contributed by atoms with E-state index >= 15 is 0 Å². The third kappa shape index (κ3) is 4.24. The molecular weight excluding hydrogens is 404 g/mol. The number of H-pyrrole nitrogens is 1. The van der Waals surface area contributed by atoms with E-state index in [0.717, 1.165) is 5.06 Å². The van der Waals surface area contributed by atoms with Crippen molar-refractivity contribution in [3.8, 4) is 5.75 Å². The Kier molecular flexibility index (Phi) is 6.64. The van der Waals surface area contributed by atoms with Crippen LogP contribution in [0.25, 0.3) is 0 Å². The molecule has 1 aromatic carbocycles. The Morgan fingerprint density at radius 1 is 1.48 bits per heavy atom. The summed E-state index contributed by atoms with van der Waals surface area (Å²) in [5.74, 6) is -0.539. The summed E-state index contributed by atoms with van der Waals surface area (Å²) in [7, 11) is 0. The zero-order chi connectivity index (χ0) is 21.8. The lowest BCUT2D eigenvalue weighted by Gasteiger charge is -2.41. The zero-order valence-electron chi connectivity index (χ0n) is 16.0. The van der Waals surface area contributed by atoms with Gasteiger partial charge in [-0.15, -0.1) is 0 Å². The molecule has 156 valence electrons. The third-order valence-corrected chi connectivity index (χ3v) is 4.88. The van der Waals surface area contributed by atoms with Gasteiger partial charge < -0.3 is 15.8 Å². The minimum Gasteiger partial charge on any atom is -0.411 e. The summed E-state index contributed by atoms with van der Waals surface area (Å²) < 4.78 is 0. The van der Waals surface area contributed by atoms with Crippen LogP contribution < -0.4 is 21.2 Å². The fourth-order valence-corrected chi connectivity index (χ4v) is 3.21. The standard InChI is InChI=1S/C17H21ClN6O5/c1-4-17(5-2,10(3)22-26)23(29-12-8-6-7-11(18)9-12)14-13(24(27)28)15(25)21-16(19)20-14/h6-9,26H,4-5H2,1-3H3,(H3,19,20,21,25). The summed E-state index contributed by atoms with van der Waals surface area (Å²) in [6, 6.07) is 6.30. The number of nitrogen functional groups attached to an aromatic ring is 1. The molecule has 0 radical (unpaired) electrons. The summed E-state index contributed by atoms with van der Waals surface area (Å²) in [5, 5.41) is 25.8. The van der Waals surface area contributed by atoms with Gasteiger partial charge in [-0.1, -0.05) is 36.7 Å². The number of benzene rings is 1. The number of anilines is 2. The number of halogens is 1. The maximum Gasteiger partial charge on any atom is 0.379 e. The van der Waals surface area contributed by atoms with Gasteiger partial charge in [-0.05, 0) is 31.9 Å². The van der Waals surface area contributed by atoms with E-state index in [1.54, 1.807) is 32.0 Å². The number of nitrogens with one attached hydrogen (secondary N) is 1. The molecule has 0 spiro atoms. The van der Waals surface area contributed by atoms with Crippen molar-refractivity contribution >= 4 is 34.8 Å². The zero-order valence-corrected chi connectivity index (χ0v) is 16.8. The number of hydrogen-bond donors (Lipinski definition) is 3. The van der Waals surface area contributed by atoms with Crippen LogP contribution in [0.1, 0.15) is 33.6 Å². The average molecular weight is 425 g/mol. The van der Waals surface area contributed by atoms with Crippen LogP contribution in [-0.4, -0.2) is 31.3 Å². The van der Waals surface area contributed by atoms with Crippen molar-refractivity contribution in [1.82, 2.24) is 9.97 Å². The number of hydrogen-bond acceptors (Lipinski definition) is 9. The van der Waals surface area contributed by atoms with Crippen molar-refractivity contribution in [3.05, 3.63) is 49.8 Å².